The molecule has 1 aromatic carbocycles. The van der Waals surface area contributed by atoms with Crippen LogP contribution in [0.25, 0.3) is 0 Å². The first-order chi connectivity index (χ1) is 8.70. The van der Waals surface area contributed by atoms with E-state index >= 15 is 0 Å². The molecular formula is C14H18N2OS. The van der Waals surface area contributed by atoms with Crippen molar-refractivity contribution in [2.45, 2.75) is 26.5 Å². The van der Waals surface area contributed by atoms with Crippen LogP contribution in [0, 0.1) is 6.92 Å². The largest absolute Gasteiger partial charge is 0.486 e. The number of para-hydroxylation sites is 1. The number of aromatic nitrogens is 1. The van der Waals surface area contributed by atoms with Crippen molar-refractivity contribution in [1.29, 1.82) is 0 Å². The Morgan fingerprint density at radius 2 is 2.17 bits per heavy atom. The van der Waals surface area contributed by atoms with E-state index in [1.807, 2.05) is 37.6 Å². The minimum absolute atomic E-state index is 0.277. The van der Waals surface area contributed by atoms with E-state index in [0.29, 0.717) is 6.61 Å². The van der Waals surface area contributed by atoms with E-state index in [9.17, 15) is 0 Å². The molecule has 4 heteroatoms. The van der Waals surface area contributed by atoms with Crippen LogP contribution in [-0.2, 0) is 6.61 Å². The summed E-state index contributed by atoms with van der Waals surface area (Å²) in [4.78, 5) is 4.40. The second-order valence-corrected chi connectivity index (χ2v) is 5.16. The lowest BCUT2D eigenvalue weighted by Crippen LogP contribution is -2.13. The molecule has 1 N–H and O–H groups in total. The van der Waals surface area contributed by atoms with Crippen LogP contribution in [0.3, 0.4) is 0 Å². The highest BCUT2D eigenvalue weighted by Gasteiger charge is 2.09. The second-order valence-electron chi connectivity index (χ2n) is 4.22. The molecule has 0 bridgehead atoms. The van der Waals surface area contributed by atoms with Crippen molar-refractivity contribution in [2.75, 3.05) is 7.05 Å². The molecule has 2 aromatic rings. The number of thiazole rings is 1. The fraction of sp³-hybridized carbons (Fsp3) is 0.357. The Morgan fingerprint density at radius 1 is 1.39 bits per heavy atom. The number of ether oxygens (including phenoxy) is 1. The molecule has 0 saturated heterocycles. The molecule has 1 aromatic heterocycles. The summed E-state index contributed by atoms with van der Waals surface area (Å²) < 4.78 is 5.87. The van der Waals surface area contributed by atoms with Crippen molar-refractivity contribution in [2.24, 2.45) is 0 Å². The van der Waals surface area contributed by atoms with E-state index in [1.54, 1.807) is 11.3 Å². The molecule has 96 valence electrons. The highest BCUT2D eigenvalue weighted by atomic mass is 32.1. The molecule has 0 saturated carbocycles. The maximum Gasteiger partial charge on any atom is 0.140 e. The van der Waals surface area contributed by atoms with Crippen molar-refractivity contribution in [1.82, 2.24) is 10.3 Å². The molecule has 0 fully saturated rings. The van der Waals surface area contributed by atoms with Crippen LogP contribution in [0.5, 0.6) is 5.75 Å². The Bertz CT molecular complexity index is 510. The summed E-state index contributed by atoms with van der Waals surface area (Å²) in [5.41, 5.74) is 2.23. The predicted octanol–water partition coefficient (Wildman–Crippen LogP) is 3.31. The van der Waals surface area contributed by atoms with Gasteiger partial charge >= 0.3 is 0 Å². The van der Waals surface area contributed by atoms with Gasteiger partial charge in [0.1, 0.15) is 17.4 Å². The van der Waals surface area contributed by atoms with Crippen LogP contribution < -0.4 is 10.1 Å². The number of nitrogens with one attached hydrogen (secondary N) is 1. The van der Waals surface area contributed by atoms with E-state index < -0.39 is 0 Å². The van der Waals surface area contributed by atoms with Gasteiger partial charge in [-0.05, 0) is 27.0 Å². The van der Waals surface area contributed by atoms with Crippen LogP contribution in [0.2, 0.25) is 0 Å². The lowest BCUT2D eigenvalue weighted by molar-refractivity contribution is 0.299. The van der Waals surface area contributed by atoms with Gasteiger partial charge in [-0.2, -0.15) is 0 Å². The molecule has 0 spiro atoms. The van der Waals surface area contributed by atoms with Gasteiger partial charge in [0.15, 0.2) is 0 Å². The summed E-state index contributed by atoms with van der Waals surface area (Å²) >= 11 is 1.64. The van der Waals surface area contributed by atoms with Crippen LogP contribution in [0.1, 0.15) is 29.2 Å². The first kappa shape index (κ1) is 13.1. The number of aryl methyl sites for hydroxylation is 1. The van der Waals surface area contributed by atoms with E-state index in [2.05, 4.69) is 23.3 Å². The molecule has 0 aliphatic heterocycles. The molecule has 1 heterocycles. The van der Waals surface area contributed by atoms with Gasteiger partial charge in [-0.1, -0.05) is 18.2 Å². The van der Waals surface area contributed by atoms with Gasteiger partial charge in [-0.3, -0.25) is 0 Å². The molecule has 0 radical (unpaired) electrons. The first-order valence-electron chi connectivity index (χ1n) is 6.00. The average Bonchev–Trinajstić information content (AvgIpc) is 2.81. The molecule has 1 atom stereocenters. The minimum Gasteiger partial charge on any atom is -0.486 e. The first-order valence-corrected chi connectivity index (χ1v) is 6.88. The van der Waals surface area contributed by atoms with E-state index in [4.69, 9.17) is 4.74 Å². The monoisotopic (exact) mass is 262 g/mol. The van der Waals surface area contributed by atoms with Crippen LogP contribution in [0.15, 0.2) is 29.6 Å². The normalized spacial score (nSPS) is 12.4. The van der Waals surface area contributed by atoms with E-state index in [1.165, 1.54) is 5.56 Å². The maximum atomic E-state index is 5.87. The predicted molar refractivity (Wildman–Crippen MR) is 75.1 cm³/mol. The third-order valence-electron chi connectivity index (χ3n) is 2.84. The zero-order valence-corrected chi connectivity index (χ0v) is 11.8. The van der Waals surface area contributed by atoms with Gasteiger partial charge in [-0.15, -0.1) is 11.3 Å². The van der Waals surface area contributed by atoms with Gasteiger partial charge in [0.25, 0.3) is 0 Å². The summed E-state index contributed by atoms with van der Waals surface area (Å²) in [5, 5.41) is 6.29. The third kappa shape index (κ3) is 3.09. The molecule has 0 aliphatic rings. The number of benzene rings is 1. The summed E-state index contributed by atoms with van der Waals surface area (Å²) in [6.07, 6.45) is 0. The van der Waals surface area contributed by atoms with Gasteiger partial charge in [0, 0.05) is 22.7 Å². The Labute approximate surface area is 112 Å². The van der Waals surface area contributed by atoms with Crippen molar-refractivity contribution < 1.29 is 4.74 Å². The van der Waals surface area contributed by atoms with Crippen LogP contribution >= 0.6 is 11.3 Å². The zero-order valence-electron chi connectivity index (χ0n) is 10.9. The summed E-state index contributed by atoms with van der Waals surface area (Å²) in [5.74, 6) is 0.923. The molecule has 18 heavy (non-hydrogen) atoms. The Balaban J connectivity index is 2.09. The van der Waals surface area contributed by atoms with E-state index in [0.717, 1.165) is 16.5 Å². The Morgan fingerprint density at radius 3 is 2.83 bits per heavy atom. The van der Waals surface area contributed by atoms with Crippen LogP contribution in [-0.4, -0.2) is 12.0 Å². The summed E-state index contributed by atoms with van der Waals surface area (Å²) in [6, 6.07) is 8.39. The molecular weight excluding hydrogens is 244 g/mol. The van der Waals surface area contributed by atoms with Crippen molar-refractivity contribution in [3.8, 4) is 5.75 Å². The molecule has 0 amide bonds. The maximum absolute atomic E-state index is 5.87. The minimum atomic E-state index is 0.277. The molecule has 0 aliphatic carbocycles. The fourth-order valence-electron chi connectivity index (χ4n) is 1.73. The average molecular weight is 262 g/mol. The van der Waals surface area contributed by atoms with Gasteiger partial charge < -0.3 is 10.1 Å². The molecule has 2 rings (SSSR count). The number of nitrogens with zero attached hydrogens (tertiary/aromatic N) is 1. The summed E-state index contributed by atoms with van der Waals surface area (Å²) in [6.45, 7) is 4.65. The fourth-order valence-corrected chi connectivity index (χ4v) is 2.42. The SMILES string of the molecule is CNC(C)c1ccccc1OCc1nc(C)cs1. The standard InChI is InChI=1S/C14H18N2OS/c1-10-9-18-14(16-10)8-17-13-7-5-4-6-12(13)11(2)15-3/h4-7,9,11,15H,8H2,1-3H3. The molecule has 3 nitrogen and oxygen atoms in total. The van der Waals surface area contributed by atoms with Gasteiger partial charge in [0.05, 0.1) is 0 Å². The van der Waals surface area contributed by atoms with Gasteiger partial charge in [0.2, 0.25) is 0 Å². The van der Waals surface area contributed by atoms with Crippen LogP contribution in [0.4, 0.5) is 0 Å². The van der Waals surface area contributed by atoms with Crippen molar-refractivity contribution in [3.63, 3.8) is 0 Å². The number of rotatable bonds is 5. The lowest BCUT2D eigenvalue weighted by atomic mass is 10.1. The smallest absolute Gasteiger partial charge is 0.140 e. The molecule has 1 unspecified atom stereocenters. The third-order valence-corrected chi connectivity index (χ3v) is 3.78. The Kier molecular flexibility index (Phi) is 4.33. The number of hydrogen-bond acceptors (Lipinski definition) is 4. The van der Waals surface area contributed by atoms with E-state index in [-0.39, 0.29) is 6.04 Å². The quantitative estimate of drug-likeness (QED) is 0.897. The topological polar surface area (TPSA) is 34.1 Å². The zero-order chi connectivity index (χ0) is 13.0. The summed E-state index contributed by atoms with van der Waals surface area (Å²) in [7, 11) is 1.95. The van der Waals surface area contributed by atoms with Crippen molar-refractivity contribution in [3.05, 3.63) is 45.9 Å². The lowest BCUT2D eigenvalue weighted by Gasteiger charge is -2.15. The Hall–Kier alpha value is -1.39. The highest BCUT2D eigenvalue weighted by Crippen LogP contribution is 2.25. The second kappa shape index (κ2) is 5.98. The highest BCUT2D eigenvalue weighted by molar-refractivity contribution is 7.09. The number of hydrogen-bond donors (Lipinski definition) is 1. The van der Waals surface area contributed by atoms with Gasteiger partial charge in [-0.25, -0.2) is 4.98 Å². The van der Waals surface area contributed by atoms with Crippen molar-refractivity contribution >= 4 is 11.3 Å².